The van der Waals surface area contributed by atoms with Gasteiger partial charge in [-0.2, -0.15) is 0 Å². The van der Waals surface area contributed by atoms with Crippen LogP contribution in [-0.4, -0.2) is 44.6 Å². The number of rotatable bonds is 7. The van der Waals surface area contributed by atoms with Gasteiger partial charge >= 0.3 is 0 Å². The quantitative estimate of drug-likeness (QED) is 0.727. The topological polar surface area (TPSA) is 80.1 Å². The van der Waals surface area contributed by atoms with Gasteiger partial charge in [-0.1, -0.05) is 31.5 Å². The molecule has 4 rings (SSSR count). The van der Waals surface area contributed by atoms with Crippen molar-refractivity contribution in [1.82, 2.24) is 19.7 Å². The molecular weight excluding hydrogens is 402 g/mol. The molecule has 1 N–H and O–H groups in total. The van der Waals surface area contributed by atoms with Crippen LogP contribution in [0.15, 0.2) is 18.2 Å². The van der Waals surface area contributed by atoms with E-state index >= 15 is 0 Å². The highest BCUT2D eigenvalue weighted by Crippen LogP contribution is 2.40. The average molecular weight is 430 g/mol. The van der Waals surface area contributed by atoms with Crippen molar-refractivity contribution in [3.8, 4) is 0 Å². The minimum atomic E-state index is -0.0652. The number of aromatic nitrogens is 3. The number of hydrogen-bond donors (Lipinski definition) is 1. The van der Waals surface area contributed by atoms with Gasteiger partial charge in [-0.25, -0.2) is 0 Å². The average Bonchev–Trinajstić information content (AvgIpc) is 3.43. The lowest BCUT2D eigenvalue weighted by molar-refractivity contribution is -0.139. The fourth-order valence-electron chi connectivity index (χ4n) is 3.88. The molecule has 1 saturated carbocycles. The summed E-state index contributed by atoms with van der Waals surface area (Å²) >= 11 is 6.13. The molecule has 30 heavy (non-hydrogen) atoms. The molecule has 1 aliphatic heterocycles. The second-order valence-electron chi connectivity index (χ2n) is 8.63. The van der Waals surface area contributed by atoms with Crippen LogP contribution in [-0.2, 0) is 16.0 Å². The van der Waals surface area contributed by atoms with E-state index in [1.807, 2.05) is 43.9 Å². The number of nitrogens with one attached hydrogen (secondary N) is 1. The Balaban J connectivity index is 1.39. The van der Waals surface area contributed by atoms with Gasteiger partial charge in [0.05, 0.1) is 5.92 Å². The van der Waals surface area contributed by atoms with Crippen LogP contribution in [0.5, 0.6) is 0 Å². The Kier molecular flexibility index (Phi) is 5.82. The summed E-state index contributed by atoms with van der Waals surface area (Å²) in [5, 5.41) is 12.4. The molecule has 0 atom stereocenters. The van der Waals surface area contributed by atoms with Crippen LogP contribution in [0.25, 0.3) is 0 Å². The molecule has 8 heteroatoms. The number of amides is 2. The third-order valence-electron chi connectivity index (χ3n) is 5.87. The van der Waals surface area contributed by atoms with Crippen molar-refractivity contribution in [2.75, 3.05) is 18.4 Å². The number of halogens is 1. The summed E-state index contributed by atoms with van der Waals surface area (Å²) in [6.07, 6.45) is 3.11. The summed E-state index contributed by atoms with van der Waals surface area (Å²) in [7, 11) is 0. The van der Waals surface area contributed by atoms with Gasteiger partial charge in [-0.15, -0.1) is 10.2 Å². The summed E-state index contributed by atoms with van der Waals surface area (Å²) in [6, 6.07) is 5.91. The van der Waals surface area contributed by atoms with Crippen LogP contribution in [0.4, 0.5) is 5.69 Å². The summed E-state index contributed by atoms with van der Waals surface area (Å²) in [5.41, 5.74) is 1.60. The van der Waals surface area contributed by atoms with Crippen LogP contribution < -0.4 is 5.32 Å². The van der Waals surface area contributed by atoms with E-state index in [-0.39, 0.29) is 23.7 Å². The molecule has 7 nitrogen and oxygen atoms in total. The Morgan fingerprint density at radius 3 is 2.63 bits per heavy atom. The normalized spacial score (nSPS) is 16.6. The monoisotopic (exact) mass is 429 g/mol. The maximum absolute atomic E-state index is 12.5. The van der Waals surface area contributed by atoms with E-state index in [4.69, 9.17) is 11.6 Å². The molecular formula is C22H28ClN5O2. The number of carbonyl (C=O) groups is 2. The third kappa shape index (κ3) is 4.21. The summed E-state index contributed by atoms with van der Waals surface area (Å²) in [6.45, 7) is 7.15. The lowest BCUT2D eigenvalue weighted by atomic mass is 9.97. The molecule has 1 aliphatic carbocycles. The van der Waals surface area contributed by atoms with Gasteiger partial charge in [0.15, 0.2) is 0 Å². The molecule has 0 radical (unpaired) electrons. The second kappa shape index (κ2) is 8.38. The number of likely N-dealkylation sites (tertiary alicyclic amines) is 1. The smallest absolute Gasteiger partial charge is 0.225 e. The molecule has 2 aromatic rings. The number of carbonyl (C=O) groups excluding carboxylic acids is 2. The number of hydrogen-bond acceptors (Lipinski definition) is 4. The van der Waals surface area contributed by atoms with Gasteiger partial charge in [-0.05, 0) is 37.5 Å². The van der Waals surface area contributed by atoms with Gasteiger partial charge in [0.2, 0.25) is 11.8 Å². The largest absolute Gasteiger partial charge is 0.341 e. The Labute approximate surface area is 181 Å². The minimum absolute atomic E-state index is 0.0180. The lowest BCUT2D eigenvalue weighted by Gasteiger charge is -2.39. The molecule has 1 saturated heterocycles. The molecule has 0 bridgehead atoms. The molecule has 1 aromatic heterocycles. The van der Waals surface area contributed by atoms with Crippen molar-refractivity contribution in [3.05, 3.63) is 40.4 Å². The van der Waals surface area contributed by atoms with Crippen molar-refractivity contribution in [3.63, 3.8) is 0 Å². The van der Waals surface area contributed by atoms with Gasteiger partial charge in [-0.3, -0.25) is 9.59 Å². The predicted molar refractivity (Wildman–Crippen MR) is 116 cm³/mol. The van der Waals surface area contributed by atoms with Crippen LogP contribution in [0.1, 0.15) is 62.3 Å². The first-order valence-electron chi connectivity index (χ1n) is 10.6. The first kappa shape index (κ1) is 20.8. The van der Waals surface area contributed by atoms with Gasteiger partial charge in [0.1, 0.15) is 11.6 Å². The van der Waals surface area contributed by atoms with Crippen LogP contribution >= 0.6 is 11.6 Å². The number of anilines is 1. The first-order valence-corrected chi connectivity index (χ1v) is 11.0. The van der Waals surface area contributed by atoms with Crippen molar-refractivity contribution >= 4 is 29.1 Å². The highest BCUT2D eigenvalue weighted by atomic mass is 35.5. The Hall–Kier alpha value is -2.41. The summed E-state index contributed by atoms with van der Waals surface area (Å²) in [5.74, 6) is 2.20. The zero-order valence-corrected chi connectivity index (χ0v) is 18.4. The third-order valence-corrected chi connectivity index (χ3v) is 6.28. The minimum Gasteiger partial charge on any atom is -0.341 e. The van der Waals surface area contributed by atoms with E-state index in [9.17, 15) is 9.59 Å². The Morgan fingerprint density at radius 2 is 1.97 bits per heavy atom. The molecule has 2 heterocycles. The number of aryl methyl sites for hydroxylation is 1. The summed E-state index contributed by atoms with van der Waals surface area (Å²) < 4.78 is 2.22. The highest BCUT2D eigenvalue weighted by molar-refractivity contribution is 6.31. The molecule has 2 amide bonds. The predicted octanol–water partition coefficient (Wildman–Crippen LogP) is 3.73. The van der Waals surface area contributed by atoms with E-state index in [1.165, 1.54) is 0 Å². The van der Waals surface area contributed by atoms with E-state index in [0.29, 0.717) is 37.0 Å². The number of benzene rings is 1. The van der Waals surface area contributed by atoms with E-state index < -0.39 is 0 Å². The van der Waals surface area contributed by atoms with Crippen molar-refractivity contribution in [2.45, 2.75) is 58.4 Å². The fourth-order valence-corrected chi connectivity index (χ4v) is 4.06. The fraction of sp³-hybridized carbons (Fsp3) is 0.545. The molecule has 2 fully saturated rings. The molecule has 1 aromatic carbocycles. The standard InChI is InChI=1S/C22H28ClN5O2/c1-13(2)22(30)27-11-15(12-27)21-26-25-19(28(21)16-7-8-16)9-10-20(29)24-18-6-4-5-17(23)14(18)3/h4-6,13,15-16H,7-12H2,1-3H3,(H,24,29). The zero-order chi connectivity index (χ0) is 21.4. The van der Waals surface area contributed by atoms with Gasteiger partial charge in [0, 0.05) is 48.6 Å². The molecule has 0 spiro atoms. The van der Waals surface area contributed by atoms with Gasteiger partial charge < -0.3 is 14.8 Å². The molecule has 0 unspecified atom stereocenters. The maximum atomic E-state index is 12.5. The first-order chi connectivity index (χ1) is 14.3. The van der Waals surface area contributed by atoms with E-state index in [1.54, 1.807) is 0 Å². The van der Waals surface area contributed by atoms with Crippen LogP contribution in [0.2, 0.25) is 5.02 Å². The maximum Gasteiger partial charge on any atom is 0.225 e. The Morgan fingerprint density at radius 1 is 1.23 bits per heavy atom. The Bertz CT molecular complexity index is 960. The van der Waals surface area contributed by atoms with Crippen LogP contribution in [0.3, 0.4) is 0 Å². The highest BCUT2D eigenvalue weighted by Gasteiger charge is 2.39. The molecule has 160 valence electrons. The van der Waals surface area contributed by atoms with Crippen LogP contribution in [0, 0.1) is 12.8 Å². The summed E-state index contributed by atoms with van der Waals surface area (Å²) in [4.78, 5) is 26.5. The van der Waals surface area contributed by atoms with E-state index in [2.05, 4.69) is 20.1 Å². The van der Waals surface area contributed by atoms with Gasteiger partial charge in [0.25, 0.3) is 0 Å². The second-order valence-corrected chi connectivity index (χ2v) is 9.04. The van der Waals surface area contributed by atoms with Crippen molar-refractivity contribution < 1.29 is 9.59 Å². The number of nitrogens with zero attached hydrogens (tertiary/aromatic N) is 4. The lowest BCUT2D eigenvalue weighted by Crippen LogP contribution is -2.50. The molecule has 2 aliphatic rings. The SMILES string of the molecule is Cc1c(Cl)cccc1NC(=O)CCc1nnc(C2CN(C(=O)C(C)C)C2)n1C1CC1. The van der Waals surface area contributed by atoms with Crippen molar-refractivity contribution in [2.24, 2.45) is 5.92 Å². The van der Waals surface area contributed by atoms with E-state index in [0.717, 1.165) is 35.7 Å². The zero-order valence-electron chi connectivity index (χ0n) is 17.7. The van der Waals surface area contributed by atoms with Crippen molar-refractivity contribution in [1.29, 1.82) is 0 Å².